The predicted octanol–water partition coefficient (Wildman–Crippen LogP) is 5.61. The van der Waals surface area contributed by atoms with E-state index in [0.717, 1.165) is 18.9 Å². The number of nitrogens with one attached hydrogen (secondary N) is 1. The molecule has 1 aromatic rings. The fourth-order valence-electron chi connectivity index (χ4n) is 3.03. The Labute approximate surface area is 126 Å². The van der Waals surface area contributed by atoms with Gasteiger partial charge in [0.1, 0.15) is 0 Å². The number of rotatable bonds is 5. The molecule has 1 nitrogen and oxygen atoms in total. The van der Waals surface area contributed by atoms with Gasteiger partial charge in [-0.1, -0.05) is 55.5 Å². The van der Waals surface area contributed by atoms with E-state index in [0.29, 0.717) is 16.1 Å². The van der Waals surface area contributed by atoms with Gasteiger partial charge in [0.05, 0.1) is 10.0 Å². The van der Waals surface area contributed by atoms with Crippen LogP contribution in [0.25, 0.3) is 0 Å². The standard InChI is InChI=1S/C16H23Cl2N/c1-2-10-19-16(12-6-4-3-5-7-12)13-8-9-14(17)15(18)11-13/h8-9,11-12,16,19H,2-7,10H2,1H3. The largest absolute Gasteiger partial charge is 0.310 e. The molecule has 1 saturated carbocycles. The second kappa shape index (κ2) is 7.52. The summed E-state index contributed by atoms with van der Waals surface area (Å²) in [5.41, 5.74) is 1.29. The van der Waals surface area contributed by atoms with Crippen molar-refractivity contribution in [1.82, 2.24) is 5.32 Å². The van der Waals surface area contributed by atoms with Crippen LogP contribution in [0.3, 0.4) is 0 Å². The Kier molecular flexibility index (Phi) is 6.00. The van der Waals surface area contributed by atoms with Crippen molar-refractivity contribution in [2.45, 2.75) is 51.5 Å². The van der Waals surface area contributed by atoms with Gasteiger partial charge < -0.3 is 5.32 Å². The van der Waals surface area contributed by atoms with Crippen LogP contribution in [0.4, 0.5) is 0 Å². The highest BCUT2D eigenvalue weighted by atomic mass is 35.5. The highest BCUT2D eigenvalue weighted by molar-refractivity contribution is 6.42. The minimum Gasteiger partial charge on any atom is -0.310 e. The Balaban J connectivity index is 2.17. The maximum absolute atomic E-state index is 6.17. The summed E-state index contributed by atoms with van der Waals surface area (Å²) in [6.07, 6.45) is 7.90. The molecule has 1 atom stereocenters. The van der Waals surface area contributed by atoms with Gasteiger partial charge in [-0.2, -0.15) is 0 Å². The topological polar surface area (TPSA) is 12.0 Å². The van der Waals surface area contributed by atoms with Crippen molar-refractivity contribution in [2.24, 2.45) is 5.92 Å². The van der Waals surface area contributed by atoms with Crippen molar-refractivity contribution in [2.75, 3.05) is 6.54 Å². The molecule has 0 bridgehead atoms. The molecule has 19 heavy (non-hydrogen) atoms. The zero-order chi connectivity index (χ0) is 13.7. The highest BCUT2D eigenvalue weighted by Crippen LogP contribution is 2.36. The summed E-state index contributed by atoms with van der Waals surface area (Å²) in [4.78, 5) is 0. The van der Waals surface area contributed by atoms with Crippen molar-refractivity contribution < 1.29 is 0 Å². The number of halogens is 2. The minimum absolute atomic E-state index is 0.426. The van der Waals surface area contributed by atoms with Gasteiger partial charge in [-0.3, -0.25) is 0 Å². The van der Waals surface area contributed by atoms with E-state index >= 15 is 0 Å². The van der Waals surface area contributed by atoms with E-state index in [1.54, 1.807) is 0 Å². The first kappa shape index (κ1) is 15.2. The van der Waals surface area contributed by atoms with E-state index in [1.807, 2.05) is 12.1 Å². The number of benzene rings is 1. The van der Waals surface area contributed by atoms with Crippen LogP contribution in [-0.2, 0) is 0 Å². The molecule has 0 spiro atoms. The Morgan fingerprint density at radius 3 is 2.53 bits per heavy atom. The first-order valence-corrected chi connectivity index (χ1v) is 8.16. The van der Waals surface area contributed by atoms with Gasteiger partial charge in [0.25, 0.3) is 0 Å². The predicted molar refractivity (Wildman–Crippen MR) is 84.1 cm³/mol. The van der Waals surface area contributed by atoms with Crippen molar-refractivity contribution in [3.8, 4) is 0 Å². The average Bonchev–Trinajstić information content (AvgIpc) is 2.44. The summed E-state index contributed by atoms with van der Waals surface area (Å²) in [6.45, 7) is 3.27. The minimum atomic E-state index is 0.426. The summed E-state index contributed by atoms with van der Waals surface area (Å²) in [5.74, 6) is 0.734. The van der Waals surface area contributed by atoms with E-state index < -0.39 is 0 Å². The normalized spacial score (nSPS) is 18.5. The highest BCUT2D eigenvalue weighted by Gasteiger charge is 2.24. The van der Waals surface area contributed by atoms with E-state index in [4.69, 9.17) is 23.2 Å². The lowest BCUT2D eigenvalue weighted by molar-refractivity contribution is 0.272. The monoisotopic (exact) mass is 299 g/mol. The maximum Gasteiger partial charge on any atom is 0.0595 e. The zero-order valence-corrected chi connectivity index (χ0v) is 13.1. The summed E-state index contributed by atoms with van der Waals surface area (Å²) in [7, 11) is 0. The number of hydrogen-bond donors (Lipinski definition) is 1. The molecular weight excluding hydrogens is 277 g/mol. The van der Waals surface area contributed by atoms with Crippen LogP contribution in [0.1, 0.15) is 57.1 Å². The van der Waals surface area contributed by atoms with E-state index in [9.17, 15) is 0 Å². The van der Waals surface area contributed by atoms with Crippen molar-refractivity contribution in [3.05, 3.63) is 33.8 Å². The fraction of sp³-hybridized carbons (Fsp3) is 0.625. The van der Waals surface area contributed by atoms with Gasteiger partial charge in [-0.25, -0.2) is 0 Å². The lowest BCUT2D eigenvalue weighted by Gasteiger charge is -2.31. The first-order valence-electron chi connectivity index (χ1n) is 7.40. The molecule has 106 valence electrons. The van der Waals surface area contributed by atoms with Gasteiger partial charge in [0.2, 0.25) is 0 Å². The van der Waals surface area contributed by atoms with Crippen molar-refractivity contribution in [3.63, 3.8) is 0 Å². The molecule has 0 saturated heterocycles. The van der Waals surface area contributed by atoms with Gasteiger partial charge in [0.15, 0.2) is 0 Å². The van der Waals surface area contributed by atoms with Crippen LogP contribution in [0, 0.1) is 5.92 Å². The van der Waals surface area contributed by atoms with Gasteiger partial charge >= 0.3 is 0 Å². The summed E-state index contributed by atoms with van der Waals surface area (Å²) >= 11 is 12.2. The molecule has 1 fully saturated rings. The SMILES string of the molecule is CCCNC(c1ccc(Cl)c(Cl)c1)C1CCCCC1. The molecule has 1 aromatic carbocycles. The third kappa shape index (κ3) is 4.11. The fourth-order valence-corrected chi connectivity index (χ4v) is 3.34. The zero-order valence-electron chi connectivity index (χ0n) is 11.6. The van der Waals surface area contributed by atoms with Crippen LogP contribution in [-0.4, -0.2) is 6.54 Å². The molecule has 2 rings (SSSR count). The van der Waals surface area contributed by atoms with Crippen molar-refractivity contribution in [1.29, 1.82) is 0 Å². The Bertz CT molecular complexity index is 400. The first-order chi connectivity index (χ1) is 9.22. The lowest BCUT2D eigenvalue weighted by Crippen LogP contribution is -2.30. The molecule has 0 amide bonds. The molecule has 1 N–H and O–H groups in total. The molecule has 1 unspecified atom stereocenters. The summed E-state index contributed by atoms with van der Waals surface area (Å²) < 4.78 is 0. The van der Waals surface area contributed by atoms with Crippen LogP contribution in [0.2, 0.25) is 10.0 Å². The smallest absolute Gasteiger partial charge is 0.0595 e. The van der Waals surface area contributed by atoms with Crippen LogP contribution in [0.15, 0.2) is 18.2 Å². The maximum atomic E-state index is 6.17. The Hall–Kier alpha value is -0.240. The van der Waals surface area contributed by atoms with Crippen LogP contribution in [0.5, 0.6) is 0 Å². The van der Waals surface area contributed by atoms with Crippen LogP contribution < -0.4 is 5.32 Å². The van der Waals surface area contributed by atoms with E-state index in [2.05, 4.69) is 18.3 Å². The number of hydrogen-bond acceptors (Lipinski definition) is 1. The second-order valence-corrected chi connectivity index (χ2v) is 6.32. The molecule has 0 aliphatic heterocycles. The molecular formula is C16H23Cl2N. The molecule has 1 aliphatic carbocycles. The van der Waals surface area contributed by atoms with Gasteiger partial charge in [0, 0.05) is 6.04 Å². The molecule has 0 heterocycles. The third-order valence-electron chi connectivity index (χ3n) is 4.04. The lowest BCUT2D eigenvalue weighted by atomic mass is 9.81. The molecule has 0 aromatic heterocycles. The quantitative estimate of drug-likeness (QED) is 0.744. The third-order valence-corrected chi connectivity index (χ3v) is 4.78. The van der Waals surface area contributed by atoms with Gasteiger partial charge in [-0.05, 0) is 49.4 Å². The Morgan fingerprint density at radius 1 is 1.16 bits per heavy atom. The molecule has 0 radical (unpaired) electrons. The van der Waals surface area contributed by atoms with E-state index in [1.165, 1.54) is 37.7 Å². The summed E-state index contributed by atoms with van der Waals surface area (Å²) in [6, 6.07) is 6.50. The molecule has 1 aliphatic rings. The second-order valence-electron chi connectivity index (χ2n) is 5.50. The summed E-state index contributed by atoms with van der Waals surface area (Å²) in [5, 5.41) is 5.01. The average molecular weight is 300 g/mol. The van der Waals surface area contributed by atoms with Crippen molar-refractivity contribution >= 4 is 23.2 Å². The van der Waals surface area contributed by atoms with E-state index in [-0.39, 0.29) is 0 Å². The van der Waals surface area contributed by atoms with Crippen LogP contribution >= 0.6 is 23.2 Å². The molecule has 3 heteroatoms. The Morgan fingerprint density at radius 2 is 1.89 bits per heavy atom. The van der Waals surface area contributed by atoms with Gasteiger partial charge in [-0.15, -0.1) is 0 Å².